The van der Waals surface area contributed by atoms with E-state index < -0.39 is 0 Å². The second-order valence-electron chi connectivity index (χ2n) is 6.46. The van der Waals surface area contributed by atoms with Gasteiger partial charge in [-0.1, -0.05) is 32.9 Å². The van der Waals surface area contributed by atoms with Gasteiger partial charge in [0, 0.05) is 19.8 Å². The molecule has 0 bridgehead atoms. The van der Waals surface area contributed by atoms with Crippen molar-refractivity contribution in [2.75, 3.05) is 26.3 Å². The van der Waals surface area contributed by atoms with E-state index in [0.717, 1.165) is 38.5 Å². The van der Waals surface area contributed by atoms with E-state index in [-0.39, 0.29) is 11.5 Å². The van der Waals surface area contributed by atoms with Crippen LogP contribution in [0.25, 0.3) is 0 Å². The third kappa shape index (κ3) is 7.49. The van der Waals surface area contributed by atoms with Gasteiger partial charge in [-0.2, -0.15) is 0 Å². The lowest BCUT2D eigenvalue weighted by atomic mass is 9.87. The van der Waals surface area contributed by atoms with Crippen molar-refractivity contribution in [3.8, 4) is 5.75 Å². The van der Waals surface area contributed by atoms with Crippen molar-refractivity contribution in [1.29, 1.82) is 0 Å². The summed E-state index contributed by atoms with van der Waals surface area (Å²) >= 11 is 0. The fraction of sp³-hybridized carbons (Fsp3) is 0.667. The van der Waals surface area contributed by atoms with E-state index in [9.17, 15) is 0 Å². The lowest BCUT2D eigenvalue weighted by molar-refractivity contribution is 0.143. The zero-order chi connectivity index (χ0) is 15.7. The zero-order valence-corrected chi connectivity index (χ0v) is 14.2. The van der Waals surface area contributed by atoms with Gasteiger partial charge in [0.15, 0.2) is 0 Å². The van der Waals surface area contributed by atoms with E-state index in [1.165, 1.54) is 5.56 Å². The minimum Gasteiger partial charge on any atom is -0.489 e. The van der Waals surface area contributed by atoms with E-state index in [4.69, 9.17) is 9.47 Å². The van der Waals surface area contributed by atoms with Crippen molar-refractivity contribution < 1.29 is 9.47 Å². The number of rotatable bonds is 9. The fourth-order valence-corrected chi connectivity index (χ4v) is 2.06. The first-order valence-electron chi connectivity index (χ1n) is 7.99. The minimum absolute atomic E-state index is 0.164. The predicted octanol–water partition coefficient (Wildman–Crippen LogP) is 3.77. The Bertz CT molecular complexity index is 381. The second kappa shape index (κ2) is 9.06. The van der Waals surface area contributed by atoms with Crippen molar-refractivity contribution in [3.05, 3.63) is 29.8 Å². The van der Waals surface area contributed by atoms with Gasteiger partial charge < -0.3 is 14.8 Å². The Labute approximate surface area is 130 Å². The molecule has 3 heteroatoms. The van der Waals surface area contributed by atoms with Crippen LogP contribution >= 0.6 is 0 Å². The molecule has 120 valence electrons. The Hall–Kier alpha value is -1.06. The summed E-state index contributed by atoms with van der Waals surface area (Å²) in [6.07, 6.45) is 1.21. The molecule has 0 saturated carbocycles. The van der Waals surface area contributed by atoms with Crippen molar-refractivity contribution in [1.82, 2.24) is 5.32 Å². The molecule has 0 aliphatic rings. The summed E-state index contributed by atoms with van der Waals surface area (Å²) in [5.74, 6) is 0.937. The SMILES string of the molecule is CCOCCCNCC(C)Oc1ccc(C(C)(C)C)cc1. The smallest absolute Gasteiger partial charge is 0.119 e. The van der Waals surface area contributed by atoms with Crippen LogP contribution in [0.2, 0.25) is 0 Å². The summed E-state index contributed by atoms with van der Waals surface area (Å²) in [5, 5.41) is 3.39. The molecule has 1 N–H and O–H groups in total. The normalized spacial score (nSPS) is 13.2. The van der Waals surface area contributed by atoms with E-state index in [0.29, 0.717) is 0 Å². The van der Waals surface area contributed by atoms with E-state index >= 15 is 0 Å². The maximum atomic E-state index is 5.92. The van der Waals surface area contributed by atoms with E-state index in [1.807, 2.05) is 6.92 Å². The molecule has 0 aliphatic carbocycles. The quantitative estimate of drug-likeness (QED) is 0.703. The zero-order valence-electron chi connectivity index (χ0n) is 14.2. The molecule has 3 nitrogen and oxygen atoms in total. The molecule has 21 heavy (non-hydrogen) atoms. The predicted molar refractivity (Wildman–Crippen MR) is 89.2 cm³/mol. The van der Waals surface area contributed by atoms with Gasteiger partial charge in [-0.15, -0.1) is 0 Å². The van der Waals surface area contributed by atoms with Crippen molar-refractivity contribution in [2.45, 2.75) is 52.6 Å². The number of benzene rings is 1. The molecule has 1 rings (SSSR count). The largest absolute Gasteiger partial charge is 0.489 e. The molecule has 0 fully saturated rings. The molecular formula is C18H31NO2. The van der Waals surface area contributed by atoms with Crippen LogP contribution in [-0.4, -0.2) is 32.4 Å². The standard InChI is InChI=1S/C18H31NO2/c1-6-20-13-7-12-19-14-15(2)21-17-10-8-16(9-11-17)18(3,4)5/h8-11,15,19H,6-7,12-14H2,1-5H3. The Morgan fingerprint density at radius 2 is 1.81 bits per heavy atom. The summed E-state index contributed by atoms with van der Waals surface area (Å²) in [6.45, 7) is 14.2. The van der Waals surface area contributed by atoms with Crippen LogP contribution in [-0.2, 0) is 10.2 Å². The molecule has 0 amide bonds. The van der Waals surface area contributed by atoms with Gasteiger partial charge in [-0.05, 0) is 49.9 Å². The molecule has 1 atom stereocenters. The third-order valence-electron chi connectivity index (χ3n) is 3.34. The monoisotopic (exact) mass is 293 g/mol. The maximum Gasteiger partial charge on any atom is 0.119 e. The fourth-order valence-electron chi connectivity index (χ4n) is 2.06. The van der Waals surface area contributed by atoms with Gasteiger partial charge in [-0.3, -0.25) is 0 Å². The highest BCUT2D eigenvalue weighted by atomic mass is 16.5. The summed E-state index contributed by atoms with van der Waals surface area (Å²) in [4.78, 5) is 0. The van der Waals surface area contributed by atoms with Crippen LogP contribution in [0.1, 0.15) is 46.6 Å². The van der Waals surface area contributed by atoms with Gasteiger partial charge in [0.25, 0.3) is 0 Å². The van der Waals surface area contributed by atoms with Gasteiger partial charge in [0.1, 0.15) is 11.9 Å². The van der Waals surface area contributed by atoms with E-state index in [1.54, 1.807) is 0 Å². The molecule has 0 radical (unpaired) electrons. The first kappa shape index (κ1) is 18.0. The van der Waals surface area contributed by atoms with Gasteiger partial charge in [-0.25, -0.2) is 0 Å². The van der Waals surface area contributed by atoms with Gasteiger partial charge in [0.2, 0.25) is 0 Å². The summed E-state index contributed by atoms with van der Waals surface area (Å²) in [5.41, 5.74) is 1.52. The summed E-state index contributed by atoms with van der Waals surface area (Å²) in [6, 6.07) is 8.42. The average Bonchev–Trinajstić information content (AvgIpc) is 2.42. The molecular weight excluding hydrogens is 262 g/mol. The molecule has 0 heterocycles. The maximum absolute atomic E-state index is 5.92. The highest BCUT2D eigenvalue weighted by Crippen LogP contribution is 2.24. The first-order chi connectivity index (χ1) is 9.93. The Morgan fingerprint density at radius 1 is 1.14 bits per heavy atom. The molecule has 0 spiro atoms. The average molecular weight is 293 g/mol. The van der Waals surface area contributed by atoms with Crippen LogP contribution < -0.4 is 10.1 Å². The van der Waals surface area contributed by atoms with Crippen LogP contribution in [0, 0.1) is 0 Å². The Kier molecular flexibility index (Phi) is 7.76. The molecule has 0 aromatic heterocycles. The van der Waals surface area contributed by atoms with E-state index in [2.05, 4.69) is 57.3 Å². The van der Waals surface area contributed by atoms with Crippen LogP contribution in [0.5, 0.6) is 5.75 Å². The van der Waals surface area contributed by atoms with Crippen LogP contribution in [0.4, 0.5) is 0 Å². The highest BCUT2D eigenvalue weighted by molar-refractivity contribution is 5.31. The van der Waals surface area contributed by atoms with Crippen LogP contribution in [0.15, 0.2) is 24.3 Å². The lowest BCUT2D eigenvalue weighted by Crippen LogP contribution is -2.30. The van der Waals surface area contributed by atoms with Crippen molar-refractivity contribution in [2.24, 2.45) is 0 Å². The van der Waals surface area contributed by atoms with Crippen molar-refractivity contribution >= 4 is 0 Å². The summed E-state index contributed by atoms with van der Waals surface area (Å²) < 4.78 is 11.2. The van der Waals surface area contributed by atoms with Crippen molar-refractivity contribution in [3.63, 3.8) is 0 Å². The minimum atomic E-state index is 0.164. The molecule has 1 unspecified atom stereocenters. The van der Waals surface area contributed by atoms with Gasteiger partial charge >= 0.3 is 0 Å². The molecule has 0 aliphatic heterocycles. The molecule has 0 saturated heterocycles. The molecule has 1 aromatic rings. The highest BCUT2D eigenvalue weighted by Gasteiger charge is 2.13. The topological polar surface area (TPSA) is 30.5 Å². The van der Waals surface area contributed by atoms with Gasteiger partial charge in [0.05, 0.1) is 0 Å². The van der Waals surface area contributed by atoms with Crippen LogP contribution in [0.3, 0.4) is 0 Å². The molecule has 1 aromatic carbocycles. The Balaban J connectivity index is 2.26. The second-order valence-corrected chi connectivity index (χ2v) is 6.46. The lowest BCUT2D eigenvalue weighted by Gasteiger charge is -2.20. The first-order valence-corrected chi connectivity index (χ1v) is 7.99. The summed E-state index contributed by atoms with van der Waals surface area (Å²) in [7, 11) is 0. The number of hydrogen-bond acceptors (Lipinski definition) is 3. The number of ether oxygens (including phenoxy) is 2. The Morgan fingerprint density at radius 3 is 2.38 bits per heavy atom. The number of nitrogens with one attached hydrogen (secondary N) is 1. The number of hydrogen-bond donors (Lipinski definition) is 1. The third-order valence-corrected chi connectivity index (χ3v) is 3.34.